The first-order valence-corrected chi connectivity index (χ1v) is 5.44. The Hall–Kier alpha value is -1.96. The molecule has 0 saturated heterocycles. The van der Waals surface area contributed by atoms with Gasteiger partial charge in [0.1, 0.15) is 0 Å². The average molecular weight is 209 g/mol. The molecule has 1 aromatic carbocycles. The van der Waals surface area contributed by atoms with Crippen molar-refractivity contribution in [2.45, 2.75) is 12.8 Å². The van der Waals surface area contributed by atoms with Crippen LogP contribution in [-0.4, -0.2) is 4.98 Å². The van der Waals surface area contributed by atoms with Gasteiger partial charge in [0.05, 0.1) is 11.2 Å². The molecule has 1 aromatic heterocycles. The maximum Gasteiger partial charge on any atom is 0.184 e. The Labute approximate surface area is 93.3 Å². The summed E-state index contributed by atoms with van der Waals surface area (Å²) in [6.07, 6.45) is 5.76. The van der Waals surface area contributed by atoms with Crippen molar-refractivity contribution in [2.75, 3.05) is 0 Å². The standard InChI is InChI=1S/C14H11NO/c16-14-9-10-5-1-3-7-12(10)15-13-8-4-2-6-11(13)14/h1,3-5,7-9H,2,6H2. The van der Waals surface area contributed by atoms with Crippen molar-refractivity contribution < 1.29 is 0 Å². The highest BCUT2D eigenvalue weighted by Gasteiger charge is 2.09. The van der Waals surface area contributed by atoms with Gasteiger partial charge in [-0.15, -0.1) is 0 Å². The van der Waals surface area contributed by atoms with Crippen molar-refractivity contribution >= 4 is 17.0 Å². The minimum absolute atomic E-state index is 0.105. The molecule has 2 aromatic rings. The molecule has 1 heterocycles. The number of hydrogen-bond acceptors (Lipinski definition) is 2. The maximum absolute atomic E-state index is 12.0. The van der Waals surface area contributed by atoms with E-state index in [0.29, 0.717) is 0 Å². The molecule has 0 spiro atoms. The fourth-order valence-electron chi connectivity index (χ4n) is 2.07. The molecule has 0 fully saturated rings. The molecule has 2 nitrogen and oxygen atoms in total. The molecule has 0 saturated carbocycles. The van der Waals surface area contributed by atoms with Gasteiger partial charge in [-0.2, -0.15) is 0 Å². The summed E-state index contributed by atoms with van der Waals surface area (Å²) >= 11 is 0. The average Bonchev–Trinajstić information content (AvgIpc) is 2.45. The summed E-state index contributed by atoms with van der Waals surface area (Å²) < 4.78 is 0. The number of fused-ring (bicyclic) bond motifs is 2. The summed E-state index contributed by atoms with van der Waals surface area (Å²) in [5.41, 5.74) is 2.66. The zero-order valence-corrected chi connectivity index (χ0v) is 8.81. The van der Waals surface area contributed by atoms with Crippen LogP contribution in [0.25, 0.3) is 17.0 Å². The predicted molar refractivity (Wildman–Crippen MR) is 65.4 cm³/mol. The molecular weight excluding hydrogens is 198 g/mol. The van der Waals surface area contributed by atoms with Crippen LogP contribution in [0.15, 0.2) is 41.2 Å². The monoisotopic (exact) mass is 209 g/mol. The molecule has 0 N–H and O–H groups in total. The van der Waals surface area contributed by atoms with E-state index in [1.807, 2.05) is 30.3 Å². The van der Waals surface area contributed by atoms with E-state index in [2.05, 4.69) is 11.1 Å². The molecule has 0 atom stereocenters. The van der Waals surface area contributed by atoms with Crippen molar-refractivity contribution in [3.8, 4) is 0 Å². The van der Waals surface area contributed by atoms with Crippen LogP contribution in [-0.2, 0) is 6.42 Å². The van der Waals surface area contributed by atoms with Gasteiger partial charge >= 0.3 is 0 Å². The van der Waals surface area contributed by atoms with E-state index in [0.717, 1.165) is 35.0 Å². The molecule has 0 bridgehead atoms. The third-order valence-corrected chi connectivity index (χ3v) is 2.91. The second-order valence-corrected chi connectivity index (χ2v) is 3.98. The molecule has 78 valence electrons. The largest absolute Gasteiger partial charge is 0.290 e. The van der Waals surface area contributed by atoms with E-state index in [1.165, 1.54) is 0 Å². The highest BCUT2D eigenvalue weighted by molar-refractivity contribution is 5.79. The van der Waals surface area contributed by atoms with E-state index in [1.54, 1.807) is 6.07 Å². The number of benzene rings is 1. The van der Waals surface area contributed by atoms with Crippen LogP contribution in [0.5, 0.6) is 0 Å². The summed E-state index contributed by atoms with van der Waals surface area (Å²) in [5, 5.41) is 0.912. The van der Waals surface area contributed by atoms with Gasteiger partial charge in [-0.1, -0.05) is 24.3 Å². The zero-order valence-electron chi connectivity index (χ0n) is 8.81. The van der Waals surface area contributed by atoms with Gasteiger partial charge in [0.2, 0.25) is 0 Å². The van der Waals surface area contributed by atoms with E-state index < -0.39 is 0 Å². The minimum atomic E-state index is 0.105. The van der Waals surface area contributed by atoms with Crippen molar-refractivity contribution in [3.63, 3.8) is 0 Å². The van der Waals surface area contributed by atoms with Crippen molar-refractivity contribution in [2.24, 2.45) is 0 Å². The van der Waals surface area contributed by atoms with Crippen LogP contribution in [0, 0.1) is 0 Å². The minimum Gasteiger partial charge on any atom is -0.290 e. The highest BCUT2D eigenvalue weighted by atomic mass is 16.1. The first-order chi connectivity index (χ1) is 7.84. The normalized spacial score (nSPS) is 13.8. The highest BCUT2D eigenvalue weighted by Crippen LogP contribution is 2.16. The summed E-state index contributed by atoms with van der Waals surface area (Å²) in [4.78, 5) is 16.6. The summed E-state index contributed by atoms with van der Waals surface area (Å²) in [6, 6.07) is 9.44. The quantitative estimate of drug-likeness (QED) is 0.667. The van der Waals surface area contributed by atoms with Crippen molar-refractivity contribution in [1.29, 1.82) is 0 Å². The van der Waals surface area contributed by atoms with E-state index in [-0.39, 0.29) is 5.43 Å². The van der Waals surface area contributed by atoms with Gasteiger partial charge in [-0.25, -0.2) is 4.98 Å². The van der Waals surface area contributed by atoms with Crippen molar-refractivity contribution in [1.82, 2.24) is 4.98 Å². The van der Waals surface area contributed by atoms with Gasteiger partial charge in [-0.05, 0) is 31.1 Å². The smallest absolute Gasteiger partial charge is 0.184 e. The Balaban J connectivity index is 2.49. The molecule has 1 aliphatic rings. The lowest BCUT2D eigenvalue weighted by molar-refractivity contribution is 0.964. The number of para-hydroxylation sites is 1. The second kappa shape index (κ2) is 3.56. The predicted octanol–water partition coefficient (Wildman–Crippen LogP) is 2.55. The van der Waals surface area contributed by atoms with Crippen LogP contribution in [0.1, 0.15) is 17.7 Å². The van der Waals surface area contributed by atoms with E-state index in [4.69, 9.17) is 0 Å². The van der Waals surface area contributed by atoms with Gasteiger partial charge in [0.15, 0.2) is 5.43 Å². The van der Waals surface area contributed by atoms with Crippen molar-refractivity contribution in [3.05, 3.63) is 57.9 Å². The van der Waals surface area contributed by atoms with Crippen LogP contribution in [0.2, 0.25) is 0 Å². The van der Waals surface area contributed by atoms with Gasteiger partial charge in [-0.3, -0.25) is 4.79 Å². The third-order valence-electron chi connectivity index (χ3n) is 2.91. The number of rotatable bonds is 0. The summed E-state index contributed by atoms with van der Waals surface area (Å²) in [7, 11) is 0. The number of hydrogen-bond donors (Lipinski definition) is 0. The van der Waals surface area contributed by atoms with Crippen LogP contribution >= 0.6 is 0 Å². The Morgan fingerprint density at radius 3 is 3.00 bits per heavy atom. The summed E-state index contributed by atoms with van der Waals surface area (Å²) in [5.74, 6) is 0. The lowest BCUT2D eigenvalue weighted by Gasteiger charge is -2.03. The molecule has 2 heteroatoms. The van der Waals surface area contributed by atoms with Gasteiger partial charge in [0.25, 0.3) is 0 Å². The van der Waals surface area contributed by atoms with Crippen LogP contribution < -0.4 is 5.43 Å². The first-order valence-electron chi connectivity index (χ1n) is 5.44. The SMILES string of the molecule is O=c1cc2ccccc2nc2c1CCC=C2. The Kier molecular flexibility index (Phi) is 2.07. The van der Waals surface area contributed by atoms with E-state index >= 15 is 0 Å². The van der Waals surface area contributed by atoms with Crippen LogP contribution in [0.4, 0.5) is 0 Å². The molecule has 3 rings (SSSR count). The number of allylic oxidation sites excluding steroid dienone is 1. The Morgan fingerprint density at radius 2 is 2.06 bits per heavy atom. The van der Waals surface area contributed by atoms with Gasteiger partial charge < -0.3 is 0 Å². The van der Waals surface area contributed by atoms with Crippen LogP contribution in [0.3, 0.4) is 0 Å². The fraction of sp³-hybridized carbons (Fsp3) is 0.143. The maximum atomic E-state index is 12.0. The fourth-order valence-corrected chi connectivity index (χ4v) is 2.07. The third kappa shape index (κ3) is 1.43. The topological polar surface area (TPSA) is 30.0 Å². The Morgan fingerprint density at radius 1 is 1.19 bits per heavy atom. The Bertz CT molecular complexity index is 644. The molecule has 0 amide bonds. The number of aromatic nitrogens is 1. The molecule has 1 aliphatic carbocycles. The number of nitrogens with zero attached hydrogens (tertiary/aromatic N) is 1. The zero-order chi connectivity index (χ0) is 11.0. The second-order valence-electron chi connectivity index (χ2n) is 3.98. The molecule has 0 radical (unpaired) electrons. The lowest BCUT2D eigenvalue weighted by Crippen LogP contribution is -2.08. The van der Waals surface area contributed by atoms with Gasteiger partial charge in [0, 0.05) is 10.9 Å². The summed E-state index contributed by atoms with van der Waals surface area (Å²) in [6.45, 7) is 0. The molecule has 16 heavy (non-hydrogen) atoms. The van der Waals surface area contributed by atoms with E-state index in [9.17, 15) is 4.79 Å². The first kappa shape index (κ1) is 9.28. The molecule has 0 aliphatic heterocycles. The lowest BCUT2D eigenvalue weighted by atomic mass is 10.0. The molecular formula is C14H11NO. The molecule has 0 unspecified atom stereocenters.